The number of benzene rings is 1. The third-order valence-electron chi connectivity index (χ3n) is 6.27. The number of allylic oxidation sites excluding steroid dienone is 3. The van der Waals surface area contributed by atoms with Crippen molar-refractivity contribution in [1.82, 2.24) is 4.98 Å². The first kappa shape index (κ1) is 20.3. The average Bonchev–Trinajstić information content (AvgIpc) is 2.72. The van der Waals surface area contributed by atoms with Crippen LogP contribution in [0.4, 0.5) is 0 Å². The molecule has 1 aromatic heterocycles. The van der Waals surface area contributed by atoms with Gasteiger partial charge in [-0.2, -0.15) is 0 Å². The molecule has 30 heavy (non-hydrogen) atoms. The van der Waals surface area contributed by atoms with Crippen LogP contribution in [-0.4, -0.2) is 11.2 Å². The summed E-state index contributed by atoms with van der Waals surface area (Å²) in [5.41, 5.74) is 6.94. The molecule has 3 heteroatoms. The molecule has 0 amide bonds. The van der Waals surface area contributed by atoms with Crippen LogP contribution in [0.25, 0.3) is 6.08 Å². The Morgan fingerprint density at radius 1 is 1.20 bits per heavy atom. The van der Waals surface area contributed by atoms with Gasteiger partial charge in [0.1, 0.15) is 5.54 Å². The van der Waals surface area contributed by atoms with Gasteiger partial charge in [0.25, 0.3) is 0 Å². The maximum Gasteiger partial charge on any atom is 0.248 e. The highest BCUT2D eigenvalue weighted by molar-refractivity contribution is 5.79. The normalized spacial score (nSPS) is 24.4. The molecular formula is C27H30N2O. The molecule has 1 heterocycles. The second-order valence-corrected chi connectivity index (χ2v) is 8.45. The van der Waals surface area contributed by atoms with Crippen molar-refractivity contribution in [2.24, 2.45) is 10.9 Å². The van der Waals surface area contributed by atoms with Crippen molar-refractivity contribution in [3.8, 4) is 0 Å². The lowest BCUT2D eigenvalue weighted by molar-refractivity contribution is 0.413. The fraction of sp³-hybridized carbons (Fsp3) is 0.333. The molecule has 3 nitrogen and oxygen atoms in total. The van der Waals surface area contributed by atoms with E-state index in [0.717, 1.165) is 30.5 Å². The molecule has 2 atom stereocenters. The molecule has 2 bridgehead atoms. The van der Waals surface area contributed by atoms with E-state index in [-0.39, 0.29) is 5.56 Å². The summed E-state index contributed by atoms with van der Waals surface area (Å²) in [5, 5.41) is 0. The van der Waals surface area contributed by atoms with Gasteiger partial charge in [0.2, 0.25) is 5.56 Å². The molecule has 4 rings (SSSR count). The van der Waals surface area contributed by atoms with Crippen molar-refractivity contribution in [1.29, 1.82) is 0 Å². The first-order valence-electron chi connectivity index (χ1n) is 10.9. The fourth-order valence-electron chi connectivity index (χ4n) is 5.06. The number of rotatable bonds is 5. The molecule has 154 valence electrons. The van der Waals surface area contributed by atoms with Gasteiger partial charge in [0, 0.05) is 35.9 Å². The lowest BCUT2D eigenvalue weighted by Gasteiger charge is -2.45. The van der Waals surface area contributed by atoms with Gasteiger partial charge < -0.3 is 4.98 Å². The molecule has 0 unspecified atom stereocenters. The minimum Gasteiger partial charge on any atom is -0.326 e. The quantitative estimate of drug-likeness (QED) is 0.504. The number of hydrogen-bond acceptors (Lipinski definition) is 2. The van der Waals surface area contributed by atoms with Gasteiger partial charge in [-0.15, -0.1) is 0 Å². The Morgan fingerprint density at radius 2 is 2.00 bits per heavy atom. The SMILES string of the molecule is C/C=C1\[C@H]2C=C(C)C[C@]1(/N=C/C=C/c1ccc(CCC)cc1)c1ccc(=O)[nH]c1C2. The Kier molecular flexibility index (Phi) is 5.72. The third kappa shape index (κ3) is 3.77. The molecule has 0 saturated carbocycles. The zero-order valence-corrected chi connectivity index (χ0v) is 18.1. The molecule has 1 aromatic carbocycles. The van der Waals surface area contributed by atoms with E-state index in [1.807, 2.05) is 18.4 Å². The number of aromatic nitrogens is 1. The van der Waals surface area contributed by atoms with Crippen LogP contribution in [0.2, 0.25) is 0 Å². The van der Waals surface area contributed by atoms with Gasteiger partial charge in [-0.05, 0) is 55.5 Å². The van der Waals surface area contributed by atoms with Crippen LogP contribution in [0.15, 0.2) is 75.6 Å². The summed E-state index contributed by atoms with van der Waals surface area (Å²) in [6.07, 6.45) is 14.6. The van der Waals surface area contributed by atoms with Crippen molar-refractivity contribution >= 4 is 12.3 Å². The summed E-state index contributed by atoms with van der Waals surface area (Å²) in [5.74, 6) is 0.293. The first-order valence-corrected chi connectivity index (χ1v) is 10.9. The number of nitrogens with zero attached hydrogens (tertiary/aromatic N) is 1. The molecular weight excluding hydrogens is 368 g/mol. The first-order chi connectivity index (χ1) is 14.6. The number of pyridine rings is 1. The molecule has 2 aliphatic rings. The smallest absolute Gasteiger partial charge is 0.248 e. The lowest BCUT2D eigenvalue weighted by Crippen LogP contribution is -2.40. The van der Waals surface area contributed by atoms with Crippen LogP contribution in [-0.2, 0) is 18.4 Å². The van der Waals surface area contributed by atoms with Crippen LogP contribution >= 0.6 is 0 Å². The van der Waals surface area contributed by atoms with E-state index in [0.29, 0.717) is 5.92 Å². The zero-order valence-electron chi connectivity index (χ0n) is 18.1. The van der Waals surface area contributed by atoms with Crippen molar-refractivity contribution in [3.05, 3.63) is 98.5 Å². The predicted molar refractivity (Wildman–Crippen MR) is 126 cm³/mol. The minimum atomic E-state index is -0.425. The molecule has 2 aliphatic carbocycles. The molecule has 0 fully saturated rings. The van der Waals surface area contributed by atoms with Crippen molar-refractivity contribution in [2.45, 2.75) is 52.0 Å². The van der Waals surface area contributed by atoms with Gasteiger partial charge in [-0.25, -0.2) is 0 Å². The number of H-pyrrole nitrogens is 1. The molecule has 2 aromatic rings. The third-order valence-corrected chi connectivity index (χ3v) is 6.27. The van der Waals surface area contributed by atoms with Gasteiger partial charge >= 0.3 is 0 Å². The summed E-state index contributed by atoms with van der Waals surface area (Å²) in [6, 6.07) is 12.3. The molecule has 0 aliphatic heterocycles. The Labute approximate surface area is 179 Å². The standard InChI is InChI=1S/C27H30N2O/c1-4-7-20-9-11-21(12-10-20)8-6-15-28-27-18-19(3)16-22(23(27)5-2)17-25-24(27)13-14-26(30)29-25/h5-6,8-16,22H,4,7,17-18H2,1-3H3,(H,29,30)/b8-6+,23-5+,28-15+/t22-,27+/m0/s1. The number of aromatic amines is 1. The van der Waals surface area contributed by atoms with E-state index < -0.39 is 5.54 Å². The predicted octanol–water partition coefficient (Wildman–Crippen LogP) is 5.78. The highest BCUT2D eigenvalue weighted by Crippen LogP contribution is 2.51. The minimum absolute atomic E-state index is 0.0398. The summed E-state index contributed by atoms with van der Waals surface area (Å²) in [6.45, 7) is 6.49. The molecule has 1 N–H and O–H groups in total. The second kappa shape index (κ2) is 8.43. The van der Waals surface area contributed by atoms with E-state index in [4.69, 9.17) is 4.99 Å². The van der Waals surface area contributed by atoms with Gasteiger partial charge in [0.05, 0.1) is 0 Å². The van der Waals surface area contributed by atoms with Gasteiger partial charge in [-0.1, -0.05) is 61.4 Å². The van der Waals surface area contributed by atoms with Gasteiger partial charge in [-0.3, -0.25) is 9.79 Å². The Balaban J connectivity index is 1.68. The maximum absolute atomic E-state index is 11.9. The second-order valence-electron chi connectivity index (χ2n) is 8.45. The largest absolute Gasteiger partial charge is 0.326 e. The fourth-order valence-corrected chi connectivity index (χ4v) is 5.06. The van der Waals surface area contributed by atoms with Crippen LogP contribution in [0.3, 0.4) is 0 Å². The van der Waals surface area contributed by atoms with Crippen LogP contribution in [0, 0.1) is 5.92 Å². The lowest BCUT2D eigenvalue weighted by atomic mass is 9.63. The van der Waals surface area contributed by atoms with E-state index in [2.05, 4.69) is 68.2 Å². The Hall–Kier alpha value is -2.94. The van der Waals surface area contributed by atoms with Crippen molar-refractivity contribution in [3.63, 3.8) is 0 Å². The Morgan fingerprint density at radius 3 is 2.73 bits per heavy atom. The number of nitrogens with one attached hydrogen (secondary N) is 1. The summed E-state index contributed by atoms with van der Waals surface area (Å²) in [4.78, 5) is 20.1. The molecule has 0 radical (unpaired) electrons. The highest BCUT2D eigenvalue weighted by atomic mass is 16.1. The average molecular weight is 399 g/mol. The monoisotopic (exact) mass is 398 g/mol. The summed E-state index contributed by atoms with van der Waals surface area (Å²) < 4.78 is 0. The molecule has 0 saturated heterocycles. The van der Waals surface area contributed by atoms with Gasteiger partial charge in [0.15, 0.2) is 0 Å². The van der Waals surface area contributed by atoms with Crippen LogP contribution < -0.4 is 5.56 Å². The number of fused-ring (bicyclic) bond motifs is 4. The zero-order chi connectivity index (χ0) is 21.1. The Bertz CT molecular complexity index is 1100. The van der Waals surface area contributed by atoms with Crippen LogP contribution in [0.5, 0.6) is 0 Å². The highest BCUT2D eigenvalue weighted by Gasteiger charge is 2.46. The number of hydrogen-bond donors (Lipinski definition) is 1. The van der Waals surface area contributed by atoms with E-state index in [1.54, 1.807) is 6.07 Å². The van der Waals surface area contributed by atoms with Crippen LogP contribution in [0.1, 0.15) is 56.0 Å². The maximum atomic E-state index is 11.9. The summed E-state index contributed by atoms with van der Waals surface area (Å²) >= 11 is 0. The van der Waals surface area contributed by atoms with Crippen molar-refractivity contribution in [2.75, 3.05) is 0 Å². The summed E-state index contributed by atoms with van der Waals surface area (Å²) in [7, 11) is 0. The topological polar surface area (TPSA) is 45.2 Å². The van der Waals surface area contributed by atoms with Crippen molar-refractivity contribution < 1.29 is 0 Å². The number of aryl methyl sites for hydroxylation is 1. The van der Waals surface area contributed by atoms with E-state index in [9.17, 15) is 4.79 Å². The number of aliphatic imine (C=N–C) groups is 1. The van der Waals surface area contributed by atoms with E-state index in [1.165, 1.54) is 28.7 Å². The molecule has 0 spiro atoms. The van der Waals surface area contributed by atoms with E-state index >= 15 is 0 Å².